The Labute approximate surface area is 88.5 Å². The smallest absolute Gasteiger partial charge is 0.222 e. The highest BCUT2D eigenvalue weighted by Crippen LogP contribution is 2.29. The van der Waals surface area contributed by atoms with E-state index in [0.717, 1.165) is 0 Å². The number of rotatable bonds is 0. The highest BCUT2D eigenvalue weighted by Gasteiger charge is 2.09. The van der Waals surface area contributed by atoms with Gasteiger partial charge in [0.15, 0.2) is 0 Å². The summed E-state index contributed by atoms with van der Waals surface area (Å²) in [6.45, 7) is 1.75. The quantitative estimate of drug-likeness (QED) is 0.785. The lowest BCUT2D eigenvalue weighted by molar-refractivity contribution is 0.456. The molecule has 1 aromatic carbocycles. The fraction of sp³-hybridized carbons (Fsp3) is 0.100. The number of fused-ring (bicyclic) bond motifs is 1. The van der Waals surface area contributed by atoms with Gasteiger partial charge in [-0.3, -0.25) is 0 Å². The van der Waals surface area contributed by atoms with Crippen molar-refractivity contribution in [3.63, 3.8) is 0 Å². The molecule has 0 saturated carbocycles. The van der Waals surface area contributed by atoms with Crippen LogP contribution in [0.25, 0.3) is 10.8 Å². The lowest BCUT2D eigenvalue weighted by Crippen LogP contribution is -1.87. The normalized spacial score (nSPS) is 10.8. The van der Waals surface area contributed by atoms with E-state index in [1.165, 1.54) is 6.07 Å². The fourth-order valence-corrected chi connectivity index (χ4v) is 1.87. The van der Waals surface area contributed by atoms with Gasteiger partial charge in [0, 0.05) is 10.2 Å². The van der Waals surface area contributed by atoms with Crippen molar-refractivity contribution in [1.29, 1.82) is 0 Å². The van der Waals surface area contributed by atoms with Crippen LogP contribution >= 0.6 is 15.9 Å². The Kier molecular flexibility index (Phi) is 2.15. The second-order valence-corrected chi connectivity index (χ2v) is 3.99. The number of nitrogens with zero attached hydrogens (tertiary/aromatic N) is 1. The summed E-state index contributed by atoms with van der Waals surface area (Å²) in [5.74, 6) is -0.732. The van der Waals surface area contributed by atoms with Crippen molar-refractivity contribution in [2.75, 3.05) is 0 Å². The molecule has 1 aromatic heterocycles. The van der Waals surface area contributed by atoms with Gasteiger partial charge >= 0.3 is 0 Å². The zero-order valence-electron chi connectivity index (χ0n) is 7.38. The van der Waals surface area contributed by atoms with E-state index in [2.05, 4.69) is 20.9 Å². The van der Waals surface area contributed by atoms with E-state index in [1.54, 1.807) is 19.1 Å². The first-order valence-corrected chi connectivity index (χ1v) is 4.82. The Bertz CT molecular complexity index is 470. The van der Waals surface area contributed by atoms with Gasteiger partial charge in [-0.25, -0.2) is 9.37 Å². The largest absolute Gasteiger partial charge is 0.493 e. The third-order valence-electron chi connectivity index (χ3n) is 1.96. The highest BCUT2D eigenvalue weighted by molar-refractivity contribution is 9.10. The number of aromatic nitrogens is 1. The van der Waals surface area contributed by atoms with E-state index in [9.17, 15) is 9.50 Å². The zero-order valence-corrected chi connectivity index (χ0v) is 8.97. The molecule has 0 bridgehead atoms. The maximum atomic E-state index is 13.4. The van der Waals surface area contributed by atoms with Gasteiger partial charge in [-0.2, -0.15) is 0 Å². The van der Waals surface area contributed by atoms with Gasteiger partial charge in [-0.1, -0.05) is 15.9 Å². The second kappa shape index (κ2) is 3.20. The summed E-state index contributed by atoms with van der Waals surface area (Å²) in [4.78, 5) is 3.79. The molecule has 0 spiro atoms. The number of aryl methyl sites for hydroxylation is 1. The molecule has 14 heavy (non-hydrogen) atoms. The Morgan fingerprint density at radius 3 is 2.79 bits per heavy atom. The maximum Gasteiger partial charge on any atom is 0.222 e. The lowest BCUT2D eigenvalue weighted by Gasteiger charge is -2.03. The molecule has 0 aliphatic heterocycles. The van der Waals surface area contributed by atoms with Crippen LogP contribution in [0, 0.1) is 12.7 Å². The SMILES string of the molecule is Cc1cc2cc(Br)cc(F)c2c(O)n1. The molecule has 2 rings (SSSR count). The molecule has 2 aromatic rings. The van der Waals surface area contributed by atoms with E-state index in [-0.39, 0.29) is 11.3 Å². The van der Waals surface area contributed by atoms with Crippen LogP contribution in [-0.2, 0) is 0 Å². The van der Waals surface area contributed by atoms with E-state index >= 15 is 0 Å². The second-order valence-electron chi connectivity index (χ2n) is 3.07. The number of aromatic hydroxyl groups is 1. The number of hydrogen-bond donors (Lipinski definition) is 1. The maximum absolute atomic E-state index is 13.4. The van der Waals surface area contributed by atoms with Crippen LogP contribution in [-0.4, -0.2) is 10.1 Å². The molecule has 72 valence electrons. The van der Waals surface area contributed by atoms with Crippen molar-refractivity contribution in [2.45, 2.75) is 6.92 Å². The Balaban J connectivity index is 2.94. The van der Waals surface area contributed by atoms with E-state index in [0.29, 0.717) is 15.6 Å². The summed E-state index contributed by atoms with van der Waals surface area (Å²) >= 11 is 3.19. The minimum atomic E-state index is -0.473. The van der Waals surface area contributed by atoms with Gasteiger partial charge in [0.25, 0.3) is 0 Å². The van der Waals surface area contributed by atoms with Crippen LogP contribution in [0.1, 0.15) is 5.69 Å². The summed E-state index contributed by atoms with van der Waals surface area (Å²) in [6, 6.07) is 4.77. The van der Waals surface area contributed by atoms with Crippen LogP contribution in [0.15, 0.2) is 22.7 Å². The van der Waals surface area contributed by atoms with Gasteiger partial charge in [0.2, 0.25) is 5.88 Å². The first-order valence-electron chi connectivity index (χ1n) is 4.03. The van der Waals surface area contributed by atoms with Crippen LogP contribution in [0.5, 0.6) is 5.88 Å². The molecule has 0 atom stereocenters. The van der Waals surface area contributed by atoms with Gasteiger partial charge in [-0.15, -0.1) is 0 Å². The van der Waals surface area contributed by atoms with Crippen LogP contribution in [0.2, 0.25) is 0 Å². The molecule has 0 aliphatic rings. The molecule has 4 heteroatoms. The van der Waals surface area contributed by atoms with Gasteiger partial charge in [-0.05, 0) is 30.5 Å². The summed E-state index contributed by atoms with van der Waals surface area (Å²) in [6.07, 6.45) is 0. The predicted molar refractivity (Wildman–Crippen MR) is 55.8 cm³/mol. The third kappa shape index (κ3) is 1.46. The minimum Gasteiger partial charge on any atom is -0.493 e. The third-order valence-corrected chi connectivity index (χ3v) is 2.41. The molecule has 1 N–H and O–H groups in total. The molecular formula is C10H7BrFNO. The summed E-state index contributed by atoms with van der Waals surface area (Å²) < 4.78 is 14.1. The molecular weight excluding hydrogens is 249 g/mol. The molecule has 1 heterocycles. The topological polar surface area (TPSA) is 33.1 Å². The molecule has 0 fully saturated rings. The minimum absolute atomic E-state index is 0.166. The standard InChI is InChI=1S/C10H7BrFNO/c1-5-2-6-3-7(11)4-8(12)9(6)10(14)13-5/h2-4H,1H3,(H,13,14). The molecule has 0 unspecified atom stereocenters. The summed E-state index contributed by atoms with van der Waals surface area (Å²) in [7, 11) is 0. The number of halogens is 2. The number of hydrogen-bond acceptors (Lipinski definition) is 2. The summed E-state index contributed by atoms with van der Waals surface area (Å²) in [5.41, 5.74) is 0.660. The van der Waals surface area contributed by atoms with Gasteiger partial charge in [0.1, 0.15) is 5.82 Å². The van der Waals surface area contributed by atoms with Crippen molar-refractivity contribution in [2.24, 2.45) is 0 Å². The monoisotopic (exact) mass is 255 g/mol. The van der Waals surface area contributed by atoms with Crippen molar-refractivity contribution in [3.05, 3.63) is 34.2 Å². The molecule has 0 amide bonds. The van der Waals surface area contributed by atoms with E-state index in [4.69, 9.17) is 0 Å². The summed E-state index contributed by atoms with van der Waals surface area (Å²) in [5, 5.41) is 10.3. The van der Waals surface area contributed by atoms with Gasteiger partial charge < -0.3 is 5.11 Å². The fourth-order valence-electron chi connectivity index (χ4n) is 1.42. The first-order chi connectivity index (χ1) is 6.58. The van der Waals surface area contributed by atoms with Crippen LogP contribution in [0.3, 0.4) is 0 Å². The Morgan fingerprint density at radius 1 is 1.36 bits per heavy atom. The molecule has 2 nitrogen and oxygen atoms in total. The number of pyridine rings is 1. The van der Waals surface area contributed by atoms with Crippen molar-refractivity contribution in [1.82, 2.24) is 4.98 Å². The van der Waals surface area contributed by atoms with E-state index in [1.807, 2.05) is 0 Å². The molecule has 0 aliphatic carbocycles. The Hall–Kier alpha value is -1.16. The van der Waals surface area contributed by atoms with Crippen molar-refractivity contribution < 1.29 is 9.50 Å². The van der Waals surface area contributed by atoms with Crippen LogP contribution in [0.4, 0.5) is 4.39 Å². The molecule has 0 radical (unpaired) electrons. The zero-order chi connectivity index (χ0) is 10.3. The first kappa shape index (κ1) is 9.40. The average Bonchev–Trinajstić information content (AvgIpc) is 1.99. The lowest BCUT2D eigenvalue weighted by atomic mass is 10.1. The predicted octanol–water partition coefficient (Wildman–Crippen LogP) is 3.15. The Morgan fingerprint density at radius 2 is 2.07 bits per heavy atom. The van der Waals surface area contributed by atoms with Crippen molar-refractivity contribution >= 4 is 26.7 Å². The van der Waals surface area contributed by atoms with Gasteiger partial charge in [0.05, 0.1) is 5.39 Å². The van der Waals surface area contributed by atoms with Crippen LogP contribution < -0.4 is 0 Å². The average molecular weight is 256 g/mol. The molecule has 0 saturated heterocycles. The number of benzene rings is 1. The van der Waals surface area contributed by atoms with Crippen molar-refractivity contribution in [3.8, 4) is 5.88 Å². The highest BCUT2D eigenvalue weighted by atomic mass is 79.9. The van der Waals surface area contributed by atoms with E-state index < -0.39 is 5.82 Å².